The number of allylic oxidation sites excluding steroid dienone is 3. The van der Waals surface area contributed by atoms with Crippen LogP contribution in [0.3, 0.4) is 0 Å². The van der Waals surface area contributed by atoms with Crippen LogP contribution in [-0.2, 0) is 5.41 Å². The zero-order valence-electron chi connectivity index (χ0n) is 12.5. The highest BCUT2D eigenvalue weighted by atomic mass is 14.7. The van der Waals surface area contributed by atoms with Gasteiger partial charge in [0.25, 0.3) is 0 Å². The Hall–Kier alpha value is -1.37. The van der Waals surface area contributed by atoms with Gasteiger partial charge in [-0.3, -0.25) is 4.98 Å². The van der Waals surface area contributed by atoms with Crippen molar-refractivity contribution in [2.24, 2.45) is 5.92 Å². The highest BCUT2D eigenvalue weighted by Gasteiger charge is 2.15. The lowest BCUT2D eigenvalue weighted by Crippen LogP contribution is -2.11. The zero-order valence-corrected chi connectivity index (χ0v) is 12.5. The third-order valence-electron chi connectivity index (χ3n) is 3.40. The smallest absolute Gasteiger partial charge is 0.0704 e. The molecule has 0 radical (unpaired) electrons. The predicted molar refractivity (Wildman–Crippen MR) is 80.6 cm³/mol. The first-order chi connectivity index (χ1) is 8.27. The van der Waals surface area contributed by atoms with Crippen LogP contribution in [0.2, 0.25) is 0 Å². The molecule has 1 nitrogen and oxygen atoms in total. The van der Waals surface area contributed by atoms with Gasteiger partial charge in [0.15, 0.2) is 0 Å². The number of hydrogen-bond donors (Lipinski definition) is 0. The van der Waals surface area contributed by atoms with E-state index in [4.69, 9.17) is 0 Å². The van der Waals surface area contributed by atoms with Crippen LogP contribution >= 0.6 is 0 Å². The standard InChI is InChI=1S/C17H25N/c1-8-15(13(4)12(2)3)16-11-14(9-10-18-16)17(5,6)7/h8-12H,1H2,2-7H3/b15-13+. The van der Waals surface area contributed by atoms with E-state index < -0.39 is 0 Å². The topological polar surface area (TPSA) is 12.9 Å². The predicted octanol–water partition coefficient (Wildman–Crippen LogP) is 4.99. The Bertz CT molecular complexity index is 459. The Morgan fingerprint density at radius 1 is 1.33 bits per heavy atom. The summed E-state index contributed by atoms with van der Waals surface area (Å²) in [4.78, 5) is 4.50. The van der Waals surface area contributed by atoms with Crippen LogP contribution in [0.1, 0.15) is 52.8 Å². The quantitative estimate of drug-likeness (QED) is 0.681. The summed E-state index contributed by atoms with van der Waals surface area (Å²) in [5, 5.41) is 0. The van der Waals surface area contributed by atoms with Crippen molar-refractivity contribution >= 4 is 5.57 Å². The normalized spacial score (nSPS) is 13.5. The molecule has 0 saturated heterocycles. The summed E-state index contributed by atoms with van der Waals surface area (Å²) in [6, 6.07) is 4.28. The molecule has 0 saturated carbocycles. The van der Waals surface area contributed by atoms with Crippen molar-refractivity contribution in [3.8, 4) is 0 Å². The second-order valence-electron chi connectivity index (χ2n) is 6.14. The Kier molecular flexibility index (Phi) is 4.50. The summed E-state index contributed by atoms with van der Waals surface area (Å²) in [5.74, 6) is 0.512. The molecule has 0 spiro atoms. The summed E-state index contributed by atoms with van der Waals surface area (Å²) < 4.78 is 0. The van der Waals surface area contributed by atoms with E-state index in [1.54, 1.807) is 0 Å². The first-order valence-electron chi connectivity index (χ1n) is 6.57. The van der Waals surface area contributed by atoms with Gasteiger partial charge in [0, 0.05) is 6.20 Å². The molecular weight excluding hydrogens is 218 g/mol. The number of hydrogen-bond acceptors (Lipinski definition) is 1. The van der Waals surface area contributed by atoms with Gasteiger partial charge in [0.1, 0.15) is 0 Å². The average molecular weight is 243 g/mol. The van der Waals surface area contributed by atoms with Crippen LogP contribution in [0.5, 0.6) is 0 Å². The van der Waals surface area contributed by atoms with Crippen molar-refractivity contribution in [3.05, 3.63) is 47.8 Å². The fraction of sp³-hybridized carbons (Fsp3) is 0.471. The average Bonchev–Trinajstić information content (AvgIpc) is 2.29. The largest absolute Gasteiger partial charge is 0.256 e. The van der Waals surface area contributed by atoms with Gasteiger partial charge in [-0.15, -0.1) is 0 Å². The molecule has 0 amide bonds. The first kappa shape index (κ1) is 14.7. The molecule has 1 aromatic heterocycles. The van der Waals surface area contributed by atoms with Gasteiger partial charge < -0.3 is 0 Å². The SMILES string of the molecule is C=C/C(=C(/C)C(C)C)c1cc(C(C)(C)C)ccn1. The third kappa shape index (κ3) is 3.32. The summed E-state index contributed by atoms with van der Waals surface area (Å²) >= 11 is 0. The van der Waals surface area contributed by atoms with Crippen LogP contribution in [0.15, 0.2) is 36.6 Å². The zero-order chi connectivity index (χ0) is 13.9. The van der Waals surface area contributed by atoms with Gasteiger partial charge in [-0.05, 0) is 41.5 Å². The van der Waals surface area contributed by atoms with E-state index in [0.717, 1.165) is 11.3 Å². The molecule has 18 heavy (non-hydrogen) atoms. The molecule has 1 heteroatoms. The van der Waals surface area contributed by atoms with Gasteiger partial charge in [-0.2, -0.15) is 0 Å². The van der Waals surface area contributed by atoms with E-state index in [1.165, 1.54) is 11.1 Å². The lowest BCUT2D eigenvalue weighted by atomic mass is 9.86. The molecule has 0 aliphatic rings. The van der Waals surface area contributed by atoms with Crippen molar-refractivity contribution in [1.82, 2.24) is 4.98 Å². The van der Waals surface area contributed by atoms with E-state index in [0.29, 0.717) is 5.92 Å². The van der Waals surface area contributed by atoms with E-state index in [1.807, 2.05) is 12.3 Å². The molecule has 98 valence electrons. The fourth-order valence-electron chi connectivity index (χ4n) is 1.82. The van der Waals surface area contributed by atoms with Gasteiger partial charge >= 0.3 is 0 Å². The molecule has 1 rings (SSSR count). The van der Waals surface area contributed by atoms with Crippen LogP contribution in [0.25, 0.3) is 5.57 Å². The minimum absolute atomic E-state index is 0.149. The van der Waals surface area contributed by atoms with Gasteiger partial charge in [-0.25, -0.2) is 0 Å². The monoisotopic (exact) mass is 243 g/mol. The molecule has 0 aliphatic heterocycles. The molecule has 0 unspecified atom stereocenters. The minimum atomic E-state index is 0.149. The Morgan fingerprint density at radius 2 is 1.94 bits per heavy atom. The van der Waals surface area contributed by atoms with E-state index in [9.17, 15) is 0 Å². The highest BCUT2D eigenvalue weighted by Crippen LogP contribution is 2.27. The molecule has 0 aliphatic carbocycles. The first-order valence-corrected chi connectivity index (χ1v) is 6.57. The van der Waals surface area contributed by atoms with E-state index in [2.05, 4.69) is 65.2 Å². The summed E-state index contributed by atoms with van der Waals surface area (Å²) in [6.07, 6.45) is 3.82. The molecule has 1 heterocycles. The van der Waals surface area contributed by atoms with Gasteiger partial charge in [-0.1, -0.05) is 52.8 Å². The number of rotatable bonds is 3. The van der Waals surface area contributed by atoms with E-state index >= 15 is 0 Å². The molecule has 0 fully saturated rings. The van der Waals surface area contributed by atoms with Crippen molar-refractivity contribution in [2.75, 3.05) is 0 Å². The Labute approximate surface area is 112 Å². The molecule has 0 atom stereocenters. The van der Waals surface area contributed by atoms with E-state index in [-0.39, 0.29) is 5.41 Å². The summed E-state index contributed by atoms with van der Waals surface area (Å²) in [6.45, 7) is 17.2. The fourth-order valence-corrected chi connectivity index (χ4v) is 1.82. The maximum Gasteiger partial charge on any atom is 0.0704 e. The lowest BCUT2D eigenvalue weighted by Gasteiger charge is -2.20. The third-order valence-corrected chi connectivity index (χ3v) is 3.40. The highest BCUT2D eigenvalue weighted by molar-refractivity contribution is 5.74. The van der Waals surface area contributed by atoms with Gasteiger partial charge in [0.05, 0.1) is 5.69 Å². The molecule has 1 aromatic rings. The Morgan fingerprint density at radius 3 is 2.39 bits per heavy atom. The summed E-state index contributed by atoms with van der Waals surface area (Å²) in [7, 11) is 0. The van der Waals surface area contributed by atoms with Crippen LogP contribution in [0, 0.1) is 5.92 Å². The number of nitrogens with zero attached hydrogens (tertiary/aromatic N) is 1. The molecule has 0 aromatic carbocycles. The minimum Gasteiger partial charge on any atom is -0.256 e. The van der Waals surface area contributed by atoms with Crippen LogP contribution < -0.4 is 0 Å². The maximum absolute atomic E-state index is 4.50. The lowest BCUT2D eigenvalue weighted by molar-refractivity contribution is 0.589. The number of pyridine rings is 1. The molecule has 0 N–H and O–H groups in total. The Balaban J connectivity index is 3.33. The second-order valence-corrected chi connectivity index (χ2v) is 6.14. The molecule has 0 bridgehead atoms. The van der Waals surface area contributed by atoms with Crippen molar-refractivity contribution in [2.45, 2.75) is 47.0 Å². The van der Waals surface area contributed by atoms with Gasteiger partial charge in [0.2, 0.25) is 0 Å². The van der Waals surface area contributed by atoms with Crippen LogP contribution in [0.4, 0.5) is 0 Å². The second kappa shape index (κ2) is 5.51. The van der Waals surface area contributed by atoms with Crippen molar-refractivity contribution in [1.29, 1.82) is 0 Å². The molecular formula is C17H25N. The summed E-state index contributed by atoms with van der Waals surface area (Å²) in [5.41, 5.74) is 4.99. The van der Waals surface area contributed by atoms with Crippen molar-refractivity contribution in [3.63, 3.8) is 0 Å². The van der Waals surface area contributed by atoms with Crippen LogP contribution in [-0.4, -0.2) is 4.98 Å². The number of aromatic nitrogens is 1. The maximum atomic E-state index is 4.50. The van der Waals surface area contributed by atoms with Crippen molar-refractivity contribution < 1.29 is 0 Å².